The maximum absolute atomic E-state index is 12.2. The molecule has 29 heavy (non-hydrogen) atoms. The maximum Gasteiger partial charge on any atom is 0.172 e. The molecule has 1 aromatic heterocycles. The molecule has 0 spiro atoms. The minimum Gasteiger partial charge on any atom is -0.293 e. The molecule has 0 amide bonds. The molecule has 0 aliphatic carbocycles. The molecule has 0 aliphatic rings. The summed E-state index contributed by atoms with van der Waals surface area (Å²) in [6.07, 6.45) is 0.538. The molecular weight excluding hydrogens is 391 g/mol. The Balaban J connectivity index is 2.06. The van der Waals surface area contributed by atoms with Crippen molar-refractivity contribution < 1.29 is 4.79 Å². The lowest BCUT2D eigenvalue weighted by Gasteiger charge is -2.28. The van der Waals surface area contributed by atoms with Crippen molar-refractivity contribution in [3.63, 3.8) is 0 Å². The number of thiophene rings is 1. The van der Waals surface area contributed by atoms with Crippen molar-refractivity contribution in [1.82, 2.24) is 0 Å². The largest absolute Gasteiger partial charge is 0.293 e. The van der Waals surface area contributed by atoms with Crippen molar-refractivity contribution in [2.45, 2.75) is 13.3 Å². The molecule has 3 heteroatoms. The Labute approximate surface area is 176 Å². The van der Waals surface area contributed by atoms with Crippen LogP contribution < -0.4 is 15.9 Å². The van der Waals surface area contributed by atoms with Crippen LogP contribution in [0.3, 0.4) is 0 Å². The highest BCUT2D eigenvalue weighted by Gasteiger charge is 2.25. The number of hydrogen-bond donors (Lipinski definition) is 0. The number of Topliss-reactive ketones (excluding diaryl/α,β-unsaturated/α-hetero) is 1. The predicted octanol–water partition coefficient (Wildman–Crippen LogP) is 5.49. The van der Waals surface area contributed by atoms with E-state index in [9.17, 15) is 4.79 Å². The lowest BCUT2D eigenvalue weighted by Crippen LogP contribution is -2.27. The van der Waals surface area contributed by atoms with Crippen molar-refractivity contribution in [3.8, 4) is 0 Å². The number of carbonyl (C=O) groups is 1. The topological polar surface area (TPSA) is 17.1 Å². The third kappa shape index (κ3) is 3.92. The molecule has 1 heterocycles. The summed E-state index contributed by atoms with van der Waals surface area (Å²) in [7, 11) is 0. The first-order chi connectivity index (χ1) is 14.2. The molecule has 0 fully saturated rings. The first-order valence-corrected chi connectivity index (χ1v) is 12.5. The van der Waals surface area contributed by atoms with E-state index in [1.165, 1.54) is 15.9 Å². The van der Waals surface area contributed by atoms with Crippen LogP contribution >= 0.6 is 18.2 Å². The van der Waals surface area contributed by atoms with Gasteiger partial charge in [-0.05, 0) is 40.7 Å². The fraction of sp³-hybridized carbons (Fsp3) is 0.0769. The van der Waals surface area contributed by atoms with Gasteiger partial charge in [-0.3, -0.25) is 4.79 Å². The van der Waals surface area contributed by atoms with Crippen LogP contribution in [0.25, 0.3) is 0 Å². The zero-order valence-corrected chi connectivity index (χ0v) is 18.1. The van der Waals surface area contributed by atoms with Gasteiger partial charge in [-0.2, -0.15) is 0 Å². The van der Waals surface area contributed by atoms with Gasteiger partial charge in [-0.25, -0.2) is 0 Å². The lowest BCUT2D eigenvalue weighted by atomic mass is 10.3. The van der Waals surface area contributed by atoms with Crippen LogP contribution in [0.1, 0.15) is 27.9 Å². The fourth-order valence-corrected chi connectivity index (χ4v) is 8.80. The minimum absolute atomic E-state index is 0.206. The molecule has 0 saturated carbocycles. The van der Waals surface area contributed by atoms with Crippen LogP contribution in [-0.4, -0.2) is 11.6 Å². The zero-order valence-electron chi connectivity index (χ0n) is 16.4. The van der Waals surface area contributed by atoms with Crippen molar-refractivity contribution in [1.29, 1.82) is 0 Å². The van der Waals surface area contributed by atoms with Crippen LogP contribution in [0.4, 0.5) is 0 Å². The van der Waals surface area contributed by atoms with E-state index in [2.05, 4.69) is 103 Å². The summed E-state index contributed by atoms with van der Waals surface area (Å²) in [4.78, 5) is 14.2. The van der Waals surface area contributed by atoms with Gasteiger partial charge < -0.3 is 0 Å². The Morgan fingerprint density at radius 3 is 1.59 bits per heavy atom. The van der Waals surface area contributed by atoms with Crippen LogP contribution in [-0.2, 0) is 0 Å². The second-order valence-corrected chi connectivity index (χ2v) is 11.2. The average Bonchev–Trinajstić information content (AvgIpc) is 3.27. The highest BCUT2D eigenvalue weighted by atomic mass is 32.1. The van der Waals surface area contributed by atoms with Crippen LogP contribution in [0.2, 0.25) is 0 Å². The summed E-state index contributed by atoms with van der Waals surface area (Å²) in [5.74, 6) is 2.63. The molecule has 0 N–H and O–H groups in total. The monoisotopic (exact) mass is 414 g/mol. The number of rotatable bonds is 6. The predicted molar refractivity (Wildman–Crippen MR) is 129 cm³/mol. The quantitative estimate of drug-likeness (QED) is 0.301. The standard InChI is InChI=1S/C26H23OPS/c1-2-25(27)26-19-18-24(29-26)20-28(21-12-6-3-7-13-21,22-14-8-4-9-15-22)23-16-10-5-11-17-23/h3-20H,2H2,1H3. The molecule has 3 aromatic carbocycles. The number of benzene rings is 3. The molecule has 0 unspecified atom stereocenters. The number of carbonyl (C=O) groups excluding carboxylic acids is 1. The molecular formula is C26H23OPS. The summed E-state index contributed by atoms with van der Waals surface area (Å²) in [6.45, 7) is -0.109. The minimum atomic E-state index is -2.03. The Morgan fingerprint density at radius 1 is 0.724 bits per heavy atom. The molecule has 0 bridgehead atoms. The Bertz CT molecular complexity index is 1040. The lowest BCUT2D eigenvalue weighted by molar-refractivity contribution is 0.0992. The molecule has 0 atom stereocenters. The number of ketones is 1. The van der Waals surface area contributed by atoms with Gasteiger partial charge >= 0.3 is 0 Å². The Kier molecular flexibility index (Phi) is 5.94. The van der Waals surface area contributed by atoms with Crippen LogP contribution in [0.15, 0.2) is 103 Å². The number of hydrogen-bond acceptors (Lipinski definition) is 2. The molecule has 0 aliphatic heterocycles. The van der Waals surface area contributed by atoms with E-state index in [4.69, 9.17) is 0 Å². The first kappa shape index (κ1) is 19.6. The van der Waals surface area contributed by atoms with Crippen LogP contribution in [0.5, 0.6) is 0 Å². The van der Waals surface area contributed by atoms with Crippen molar-refractivity contribution >= 4 is 45.7 Å². The van der Waals surface area contributed by atoms with E-state index in [1.807, 2.05) is 13.0 Å². The average molecular weight is 415 g/mol. The fourth-order valence-electron chi connectivity index (χ4n) is 3.60. The van der Waals surface area contributed by atoms with Crippen molar-refractivity contribution in [3.05, 3.63) is 113 Å². The van der Waals surface area contributed by atoms with Gasteiger partial charge in [0.15, 0.2) is 5.78 Å². The van der Waals surface area contributed by atoms with Gasteiger partial charge in [-0.1, -0.05) is 97.9 Å². The first-order valence-electron chi connectivity index (χ1n) is 9.78. The van der Waals surface area contributed by atoms with E-state index in [-0.39, 0.29) is 5.78 Å². The van der Waals surface area contributed by atoms with E-state index in [0.717, 1.165) is 9.75 Å². The third-order valence-electron chi connectivity index (χ3n) is 5.03. The van der Waals surface area contributed by atoms with E-state index in [0.29, 0.717) is 6.42 Å². The molecule has 4 rings (SSSR count). The summed E-state index contributed by atoms with van der Waals surface area (Å²) < 4.78 is 0. The van der Waals surface area contributed by atoms with Crippen molar-refractivity contribution in [2.75, 3.05) is 0 Å². The second-order valence-electron chi connectivity index (χ2n) is 6.84. The van der Waals surface area contributed by atoms with Gasteiger partial charge in [0.05, 0.1) is 4.88 Å². The summed E-state index contributed by atoms with van der Waals surface area (Å²) >= 11 is 1.60. The van der Waals surface area contributed by atoms with Gasteiger partial charge in [0.2, 0.25) is 0 Å². The highest BCUT2D eigenvalue weighted by Crippen LogP contribution is 2.45. The van der Waals surface area contributed by atoms with Gasteiger partial charge in [0.1, 0.15) is 0 Å². The van der Waals surface area contributed by atoms with Gasteiger partial charge in [-0.15, -0.1) is 11.3 Å². The third-order valence-corrected chi connectivity index (χ3v) is 10.3. The van der Waals surface area contributed by atoms with Gasteiger partial charge in [0, 0.05) is 11.3 Å². The maximum atomic E-state index is 12.2. The summed E-state index contributed by atoms with van der Waals surface area (Å²) in [6, 6.07) is 36.3. The highest BCUT2D eigenvalue weighted by molar-refractivity contribution is 7.94. The second kappa shape index (κ2) is 8.78. The normalized spacial score (nSPS) is 11.2. The SMILES string of the molecule is CCC(=O)c1ccc(C=P(c2ccccc2)(c2ccccc2)c2ccccc2)s1. The van der Waals surface area contributed by atoms with E-state index >= 15 is 0 Å². The zero-order chi connectivity index (χ0) is 20.1. The molecule has 1 nitrogen and oxygen atoms in total. The Morgan fingerprint density at radius 2 is 1.17 bits per heavy atom. The molecule has 144 valence electrons. The van der Waals surface area contributed by atoms with Gasteiger partial charge in [0.25, 0.3) is 0 Å². The van der Waals surface area contributed by atoms with E-state index < -0.39 is 6.89 Å². The van der Waals surface area contributed by atoms with E-state index in [1.54, 1.807) is 11.3 Å². The summed E-state index contributed by atoms with van der Waals surface area (Å²) in [5, 5.41) is 3.94. The van der Waals surface area contributed by atoms with Crippen molar-refractivity contribution in [2.24, 2.45) is 0 Å². The van der Waals surface area contributed by atoms with Crippen LogP contribution in [0, 0.1) is 0 Å². The summed E-state index contributed by atoms with van der Waals surface area (Å²) in [5.41, 5.74) is 0. The Hall–Kier alpha value is -2.67. The molecule has 4 aromatic rings. The molecule has 0 radical (unpaired) electrons. The molecule has 0 saturated heterocycles. The smallest absolute Gasteiger partial charge is 0.172 e.